The summed E-state index contributed by atoms with van der Waals surface area (Å²) in [7, 11) is 0. The van der Waals surface area contributed by atoms with Gasteiger partial charge < -0.3 is 19.3 Å². The van der Waals surface area contributed by atoms with Gasteiger partial charge in [-0.2, -0.15) is 0 Å². The van der Waals surface area contributed by atoms with E-state index in [0.717, 1.165) is 0 Å². The minimum Gasteiger partial charge on any atom is -0.481 e. The molecule has 0 bridgehead atoms. The first-order valence-corrected chi connectivity index (χ1v) is 3.83. The van der Waals surface area contributed by atoms with E-state index in [9.17, 15) is 4.79 Å². The van der Waals surface area contributed by atoms with Gasteiger partial charge in [-0.05, 0) is 0 Å². The maximum absolute atomic E-state index is 10.7. The Labute approximate surface area is 69.2 Å². The lowest BCUT2D eigenvalue weighted by molar-refractivity contribution is -0.192. The van der Waals surface area contributed by atoms with Gasteiger partial charge in [-0.3, -0.25) is 4.79 Å². The standard InChI is InChI=1S/C7H10O5/c8-6(9)5-3-10-4-7(5)11-1-2-12-7/h5H,1-4H2,(H,8,9). The molecule has 0 radical (unpaired) electrons. The monoisotopic (exact) mass is 174 g/mol. The van der Waals surface area contributed by atoms with Gasteiger partial charge in [-0.25, -0.2) is 0 Å². The highest BCUT2D eigenvalue weighted by atomic mass is 16.8. The number of carbonyl (C=O) groups is 1. The molecule has 12 heavy (non-hydrogen) atoms. The van der Waals surface area contributed by atoms with Crippen molar-refractivity contribution in [3.63, 3.8) is 0 Å². The third-order valence-electron chi connectivity index (χ3n) is 2.19. The van der Waals surface area contributed by atoms with Crippen LogP contribution in [0.3, 0.4) is 0 Å². The molecule has 0 aromatic rings. The van der Waals surface area contributed by atoms with Crippen LogP contribution < -0.4 is 0 Å². The molecule has 1 spiro atoms. The minimum atomic E-state index is -0.994. The molecule has 1 N–H and O–H groups in total. The van der Waals surface area contributed by atoms with Gasteiger partial charge in [0.1, 0.15) is 12.5 Å². The van der Waals surface area contributed by atoms with Crippen LogP contribution in [0.5, 0.6) is 0 Å². The molecule has 2 rings (SSSR count). The van der Waals surface area contributed by atoms with Crippen molar-refractivity contribution >= 4 is 5.97 Å². The van der Waals surface area contributed by atoms with Crippen LogP contribution >= 0.6 is 0 Å². The Bertz CT molecular complexity index is 190. The first-order chi connectivity index (χ1) is 5.75. The minimum absolute atomic E-state index is 0.176. The summed E-state index contributed by atoms with van der Waals surface area (Å²) in [5.41, 5.74) is 0. The molecular formula is C7H10O5. The molecule has 2 aliphatic rings. The second-order valence-corrected chi connectivity index (χ2v) is 2.91. The molecule has 1 unspecified atom stereocenters. The van der Waals surface area contributed by atoms with Gasteiger partial charge in [0.05, 0.1) is 19.8 Å². The zero-order chi connectivity index (χ0) is 8.60. The van der Waals surface area contributed by atoms with E-state index in [0.29, 0.717) is 13.2 Å². The van der Waals surface area contributed by atoms with E-state index in [1.54, 1.807) is 0 Å². The summed E-state index contributed by atoms with van der Waals surface area (Å²) in [6, 6.07) is 0. The average molecular weight is 174 g/mol. The number of aliphatic carboxylic acids is 1. The van der Waals surface area contributed by atoms with Crippen LogP contribution in [0.15, 0.2) is 0 Å². The zero-order valence-corrected chi connectivity index (χ0v) is 6.49. The smallest absolute Gasteiger partial charge is 0.314 e. The second-order valence-electron chi connectivity index (χ2n) is 2.91. The van der Waals surface area contributed by atoms with Crippen LogP contribution in [0, 0.1) is 5.92 Å². The van der Waals surface area contributed by atoms with Crippen molar-refractivity contribution in [1.82, 2.24) is 0 Å². The Morgan fingerprint density at radius 1 is 1.42 bits per heavy atom. The molecule has 5 nitrogen and oxygen atoms in total. The van der Waals surface area contributed by atoms with E-state index in [1.165, 1.54) is 0 Å². The van der Waals surface area contributed by atoms with E-state index in [4.69, 9.17) is 19.3 Å². The predicted molar refractivity (Wildman–Crippen MR) is 36.6 cm³/mol. The molecule has 0 saturated carbocycles. The third-order valence-corrected chi connectivity index (χ3v) is 2.19. The molecule has 68 valence electrons. The molecule has 0 aromatic heterocycles. The average Bonchev–Trinajstić information content (AvgIpc) is 2.61. The van der Waals surface area contributed by atoms with Gasteiger partial charge in [0.15, 0.2) is 0 Å². The van der Waals surface area contributed by atoms with E-state index in [2.05, 4.69) is 0 Å². The Morgan fingerprint density at radius 2 is 2.08 bits per heavy atom. The Kier molecular flexibility index (Phi) is 1.79. The highest BCUT2D eigenvalue weighted by molar-refractivity contribution is 5.71. The summed E-state index contributed by atoms with van der Waals surface area (Å²) >= 11 is 0. The molecule has 2 fully saturated rings. The Morgan fingerprint density at radius 3 is 2.67 bits per heavy atom. The van der Waals surface area contributed by atoms with E-state index >= 15 is 0 Å². The number of hydrogen-bond acceptors (Lipinski definition) is 4. The maximum Gasteiger partial charge on any atom is 0.314 e. The number of carboxylic acid groups (broad SMARTS) is 1. The van der Waals surface area contributed by atoms with E-state index in [1.807, 2.05) is 0 Å². The van der Waals surface area contributed by atoms with Gasteiger partial charge in [0.2, 0.25) is 5.79 Å². The van der Waals surface area contributed by atoms with Crippen molar-refractivity contribution in [3.05, 3.63) is 0 Å². The highest BCUT2D eigenvalue weighted by Gasteiger charge is 2.53. The Balaban J connectivity index is 2.17. The van der Waals surface area contributed by atoms with Crippen LogP contribution in [0.2, 0.25) is 0 Å². The fraction of sp³-hybridized carbons (Fsp3) is 0.857. The highest BCUT2D eigenvalue weighted by Crippen LogP contribution is 2.34. The van der Waals surface area contributed by atoms with Crippen molar-refractivity contribution in [2.75, 3.05) is 26.4 Å². The summed E-state index contributed by atoms with van der Waals surface area (Å²) in [5, 5.41) is 8.80. The first kappa shape index (κ1) is 7.97. The Hall–Kier alpha value is -0.650. The molecule has 5 heteroatoms. The summed E-state index contributed by atoms with van der Waals surface area (Å²) in [4.78, 5) is 10.7. The van der Waals surface area contributed by atoms with E-state index in [-0.39, 0.29) is 13.2 Å². The lowest BCUT2D eigenvalue weighted by atomic mass is 10.0. The van der Waals surface area contributed by atoms with Crippen LogP contribution in [0.4, 0.5) is 0 Å². The van der Waals surface area contributed by atoms with Gasteiger partial charge in [0, 0.05) is 0 Å². The van der Waals surface area contributed by atoms with E-state index < -0.39 is 17.7 Å². The molecule has 1 atom stereocenters. The largest absolute Gasteiger partial charge is 0.481 e. The number of ether oxygens (including phenoxy) is 3. The summed E-state index contributed by atoms with van der Waals surface area (Å²) in [5.74, 6) is -2.60. The third kappa shape index (κ3) is 1.01. The molecule has 2 aliphatic heterocycles. The van der Waals surface area contributed by atoms with Crippen molar-refractivity contribution in [1.29, 1.82) is 0 Å². The molecule has 2 heterocycles. The normalized spacial score (nSPS) is 32.8. The van der Waals surface area contributed by atoms with Crippen LogP contribution in [0.25, 0.3) is 0 Å². The molecular weight excluding hydrogens is 164 g/mol. The first-order valence-electron chi connectivity index (χ1n) is 3.83. The van der Waals surface area contributed by atoms with Crippen LogP contribution in [-0.2, 0) is 19.0 Å². The lowest BCUT2D eigenvalue weighted by Gasteiger charge is -2.23. The number of rotatable bonds is 1. The fourth-order valence-electron chi connectivity index (χ4n) is 1.56. The second kappa shape index (κ2) is 2.69. The summed E-state index contributed by atoms with van der Waals surface area (Å²) < 4.78 is 15.5. The number of hydrogen-bond donors (Lipinski definition) is 1. The van der Waals surface area contributed by atoms with Crippen molar-refractivity contribution in [3.8, 4) is 0 Å². The summed E-state index contributed by atoms with van der Waals surface area (Å²) in [6.45, 7) is 1.31. The van der Waals surface area contributed by atoms with Gasteiger partial charge in [-0.1, -0.05) is 0 Å². The van der Waals surface area contributed by atoms with Crippen LogP contribution in [-0.4, -0.2) is 43.3 Å². The topological polar surface area (TPSA) is 65.0 Å². The van der Waals surface area contributed by atoms with Crippen molar-refractivity contribution in [2.45, 2.75) is 5.79 Å². The SMILES string of the molecule is O=C(O)C1COCC12OCCO2. The lowest BCUT2D eigenvalue weighted by Crippen LogP contribution is -2.42. The fourth-order valence-corrected chi connectivity index (χ4v) is 1.56. The van der Waals surface area contributed by atoms with Crippen molar-refractivity contribution in [2.24, 2.45) is 5.92 Å². The quantitative estimate of drug-likeness (QED) is 0.578. The van der Waals surface area contributed by atoms with Gasteiger partial charge in [-0.15, -0.1) is 0 Å². The molecule has 2 saturated heterocycles. The van der Waals surface area contributed by atoms with Gasteiger partial charge >= 0.3 is 5.97 Å². The van der Waals surface area contributed by atoms with Crippen molar-refractivity contribution < 1.29 is 24.1 Å². The summed E-state index contributed by atoms with van der Waals surface area (Å²) in [6.07, 6.45) is 0. The zero-order valence-electron chi connectivity index (χ0n) is 6.49. The number of carboxylic acids is 1. The predicted octanol–water partition coefficient (Wildman–Crippen LogP) is -0.540. The molecule has 0 aromatic carbocycles. The van der Waals surface area contributed by atoms with Crippen LogP contribution in [0.1, 0.15) is 0 Å². The molecule has 0 aliphatic carbocycles. The molecule has 0 amide bonds. The maximum atomic E-state index is 10.7. The van der Waals surface area contributed by atoms with Gasteiger partial charge in [0.25, 0.3) is 0 Å².